The Kier molecular flexibility index (Phi) is 9.10. The van der Waals surface area contributed by atoms with Crippen LogP contribution >= 0.6 is 24.8 Å². The monoisotopic (exact) mass is 310 g/mol. The molecule has 1 heterocycles. The van der Waals surface area contributed by atoms with E-state index in [-0.39, 0.29) is 30.6 Å². The van der Waals surface area contributed by atoms with Gasteiger partial charge in [0.15, 0.2) is 11.6 Å². The van der Waals surface area contributed by atoms with E-state index >= 15 is 0 Å². The number of rotatable bonds is 4. The molecule has 2 N–H and O–H groups in total. The summed E-state index contributed by atoms with van der Waals surface area (Å²) in [5.41, 5.74) is 0.960. The van der Waals surface area contributed by atoms with Gasteiger partial charge in [-0.3, -0.25) is 0 Å². The highest BCUT2D eigenvalue weighted by molar-refractivity contribution is 5.85. The molecule has 1 aliphatic rings. The number of ether oxygens (including phenoxy) is 1. The third-order valence-electron chi connectivity index (χ3n) is 3.15. The van der Waals surface area contributed by atoms with Crippen LogP contribution in [-0.4, -0.2) is 26.2 Å². The van der Waals surface area contributed by atoms with Crippen molar-refractivity contribution in [3.63, 3.8) is 0 Å². The number of nitrogens with one attached hydrogen (secondary N) is 2. The lowest BCUT2D eigenvalue weighted by molar-refractivity contribution is 0.380. The lowest BCUT2D eigenvalue weighted by atomic mass is 10.1. The first-order chi connectivity index (χ1) is 8.29. The number of benzene rings is 1. The van der Waals surface area contributed by atoms with Crippen LogP contribution in [0, 0.1) is 5.82 Å². The maximum atomic E-state index is 13.5. The molecule has 0 radical (unpaired) electrons. The second kappa shape index (κ2) is 9.37. The van der Waals surface area contributed by atoms with Gasteiger partial charge in [-0.2, -0.15) is 0 Å². The van der Waals surface area contributed by atoms with Crippen molar-refractivity contribution in [3.05, 3.63) is 29.6 Å². The van der Waals surface area contributed by atoms with Gasteiger partial charge in [0, 0.05) is 12.6 Å². The van der Waals surface area contributed by atoms with Gasteiger partial charge in [-0.1, -0.05) is 6.07 Å². The van der Waals surface area contributed by atoms with Crippen molar-refractivity contribution < 1.29 is 9.13 Å². The predicted molar refractivity (Wildman–Crippen MR) is 80.2 cm³/mol. The average Bonchev–Trinajstić information content (AvgIpc) is 2.38. The summed E-state index contributed by atoms with van der Waals surface area (Å²) < 4.78 is 18.3. The van der Waals surface area contributed by atoms with Gasteiger partial charge < -0.3 is 15.4 Å². The first-order valence-corrected chi connectivity index (χ1v) is 6.06. The molecule has 0 bridgehead atoms. The number of halogens is 3. The van der Waals surface area contributed by atoms with Crippen LogP contribution in [0.25, 0.3) is 0 Å². The van der Waals surface area contributed by atoms with E-state index in [1.54, 1.807) is 6.07 Å². The Morgan fingerprint density at radius 2 is 2.00 bits per heavy atom. The van der Waals surface area contributed by atoms with Gasteiger partial charge in [-0.15, -0.1) is 24.8 Å². The normalized spacial score (nSPS) is 15.3. The standard InChI is InChI=1S/C13H19FN2O.2ClH/c1-17-13-3-2-10(8-12(13)14)9-16-11-4-6-15-7-5-11;;/h2-3,8,11,15-16H,4-7,9H2,1H3;2*1H. The molecule has 1 fully saturated rings. The fraction of sp³-hybridized carbons (Fsp3) is 0.538. The van der Waals surface area contributed by atoms with E-state index in [9.17, 15) is 4.39 Å². The Bertz CT molecular complexity index is 374. The van der Waals surface area contributed by atoms with Gasteiger partial charge in [0.25, 0.3) is 0 Å². The summed E-state index contributed by atoms with van der Waals surface area (Å²) in [5.74, 6) is 0.00715. The molecule has 0 aromatic heterocycles. The molecule has 3 nitrogen and oxygen atoms in total. The molecular weight excluding hydrogens is 290 g/mol. The molecule has 110 valence electrons. The summed E-state index contributed by atoms with van der Waals surface area (Å²) in [6, 6.07) is 5.65. The summed E-state index contributed by atoms with van der Waals surface area (Å²) in [5, 5.41) is 6.78. The third-order valence-corrected chi connectivity index (χ3v) is 3.15. The van der Waals surface area contributed by atoms with Crippen LogP contribution in [-0.2, 0) is 6.54 Å². The van der Waals surface area contributed by atoms with E-state index in [2.05, 4.69) is 10.6 Å². The Morgan fingerprint density at radius 3 is 2.58 bits per heavy atom. The van der Waals surface area contributed by atoms with Crippen molar-refractivity contribution >= 4 is 24.8 Å². The minimum absolute atomic E-state index is 0. The summed E-state index contributed by atoms with van der Waals surface area (Å²) in [6.07, 6.45) is 2.28. The van der Waals surface area contributed by atoms with E-state index in [1.807, 2.05) is 6.07 Å². The third kappa shape index (κ3) is 5.53. The van der Waals surface area contributed by atoms with Crippen molar-refractivity contribution in [3.8, 4) is 5.75 Å². The number of hydrogen-bond donors (Lipinski definition) is 2. The summed E-state index contributed by atoms with van der Waals surface area (Å²) in [7, 11) is 1.48. The number of methoxy groups -OCH3 is 1. The fourth-order valence-corrected chi connectivity index (χ4v) is 2.11. The Hall–Kier alpha value is -0.550. The summed E-state index contributed by atoms with van der Waals surface area (Å²) in [6.45, 7) is 2.84. The second-order valence-corrected chi connectivity index (χ2v) is 4.37. The zero-order valence-corrected chi connectivity index (χ0v) is 12.6. The largest absolute Gasteiger partial charge is 0.494 e. The van der Waals surface area contributed by atoms with Crippen LogP contribution in [0.15, 0.2) is 18.2 Å². The van der Waals surface area contributed by atoms with Crippen LogP contribution in [0.4, 0.5) is 4.39 Å². The van der Waals surface area contributed by atoms with Gasteiger partial charge in [0.2, 0.25) is 0 Å². The molecule has 1 saturated heterocycles. The number of piperidine rings is 1. The second-order valence-electron chi connectivity index (χ2n) is 4.37. The fourth-order valence-electron chi connectivity index (χ4n) is 2.11. The first kappa shape index (κ1) is 18.4. The highest BCUT2D eigenvalue weighted by Crippen LogP contribution is 2.17. The van der Waals surface area contributed by atoms with Crippen molar-refractivity contribution in [1.82, 2.24) is 10.6 Å². The van der Waals surface area contributed by atoms with Gasteiger partial charge in [0.05, 0.1) is 7.11 Å². The van der Waals surface area contributed by atoms with Crippen LogP contribution in [0.5, 0.6) is 5.75 Å². The molecule has 0 spiro atoms. The molecule has 19 heavy (non-hydrogen) atoms. The molecule has 1 aromatic rings. The maximum Gasteiger partial charge on any atom is 0.165 e. The molecular formula is C13H21Cl2FN2O. The van der Waals surface area contributed by atoms with Crippen molar-refractivity contribution in [1.29, 1.82) is 0 Å². The predicted octanol–water partition coefficient (Wildman–Crippen LogP) is 2.52. The van der Waals surface area contributed by atoms with E-state index in [1.165, 1.54) is 13.2 Å². The van der Waals surface area contributed by atoms with Gasteiger partial charge in [-0.25, -0.2) is 4.39 Å². The van der Waals surface area contributed by atoms with Gasteiger partial charge in [-0.05, 0) is 43.6 Å². The molecule has 6 heteroatoms. The molecule has 0 aliphatic carbocycles. The van der Waals surface area contributed by atoms with Crippen LogP contribution < -0.4 is 15.4 Å². The van der Waals surface area contributed by atoms with E-state index in [0.29, 0.717) is 18.3 Å². The summed E-state index contributed by atoms with van der Waals surface area (Å²) >= 11 is 0. The van der Waals surface area contributed by atoms with Crippen LogP contribution in [0.3, 0.4) is 0 Å². The van der Waals surface area contributed by atoms with Crippen molar-refractivity contribution in [2.45, 2.75) is 25.4 Å². The molecule has 2 rings (SSSR count). The van der Waals surface area contributed by atoms with Crippen LogP contribution in [0.1, 0.15) is 18.4 Å². The summed E-state index contributed by atoms with van der Waals surface area (Å²) in [4.78, 5) is 0. The lowest BCUT2D eigenvalue weighted by Gasteiger charge is -2.23. The minimum Gasteiger partial charge on any atom is -0.494 e. The van der Waals surface area contributed by atoms with Crippen LogP contribution in [0.2, 0.25) is 0 Å². The van der Waals surface area contributed by atoms with Crippen molar-refractivity contribution in [2.24, 2.45) is 0 Å². The molecule has 1 aromatic carbocycles. The minimum atomic E-state index is -0.294. The molecule has 0 unspecified atom stereocenters. The smallest absolute Gasteiger partial charge is 0.165 e. The zero-order chi connectivity index (χ0) is 12.1. The molecule has 0 atom stereocenters. The lowest BCUT2D eigenvalue weighted by Crippen LogP contribution is -2.39. The highest BCUT2D eigenvalue weighted by Gasteiger charge is 2.12. The average molecular weight is 311 g/mol. The van der Waals surface area contributed by atoms with Gasteiger partial charge >= 0.3 is 0 Å². The topological polar surface area (TPSA) is 33.3 Å². The highest BCUT2D eigenvalue weighted by atomic mass is 35.5. The maximum absolute atomic E-state index is 13.5. The first-order valence-electron chi connectivity index (χ1n) is 6.06. The SMILES string of the molecule is COc1ccc(CNC2CCNCC2)cc1F.Cl.Cl. The van der Waals surface area contributed by atoms with Crippen molar-refractivity contribution in [2.75, 3.05) is 20.2 Å². The van der Waals surface area contributed by atoms with E-state index < -0.39 is 0 Å². The van der Waals surface area contributed by atoms with Gasteiger partial charge in [0.1, 0.15) is 0 Å². The number of hydrogen-bond acceptors (Lipinski definition) is 3. The Balaban J connectivity index is 0.00000162. The quantitative estimate of drug-likeness (QED) is 0.896. The molecule has 1 aliphatic heterocycles. The van der Waals surface area contributed by atoms with E-state index in [0.717, 1.165) is 31.5 Å². The molecule has 0 amide bonds. The Morgan fingerprint density at radius 1 is 1.32 bits per heavy atom. The van der Waals surface area contributed by atoms with E-state index in [4.69, 9.17) is 4.74 Å². The Labute approximate surface area is 126 Å². The molecule has 0 saturated carbocycles. The zero-order valence-electron chi connectivity index (χ0n) is 10.9.